The number of nitrogen functional groups attached to an aromatic ring is 1. The number of nitrogens with two attached hydrogens (primary N) is 1. The number of carboxylic acids is 1. The molecule has 36 heavy (non-hydrogen) atoms. The van der Waals surface area contributed by atoms with Gasteiger partial charge in [0, 0.05) is 36.5 Å². The lowest BCUT2D eigenvalue weighted by Crippen LogP contribution is -2.43. The smallest absolute Gasteiger partial charge is 0.411 e. The summed E-state index contributed by atoms with van der Waals surface area (Å²) in [5.74, 6) is -0.434. The fraction of sp³-hybridized carbons (Fsp3) is 0.320. The Morgan fingerprint density at radius 3 is 2.69 bits per heavy atom. The van der Waals surface area contributed by atoms with E-state index in [0.29, 0.717) is 22.6 Å². The Balaban J connectivity index is 1.40. The molecule has 3 N–H and O–H groups in total. The summed E-state index contributed by atoms with van der Waals surface area (Å²) in [6, 6.07) is 7.93. The third kappa shape index (κ3) is 4.47. The van der Waals surface area contributed by atoms with Gasteiger partial charge < -0.3 is 20.0 Å². The van der Waals surface area contributed by atoms with Crippen LogP contribution in [0.5, 0.6) is 0 Å². The summed E-state index contributed by atoms with van der Waals surface area (Å²) in [6.45, 7) is 5.39. The molecule has 1 saturated heterocycles. The van der Waals surface area contributed by atoms with E-state index in [1.807, 2.05) is 30.3 Å². The van der Waals surface area contributed by atoms with Crippen molar-refractivity contribution in [2.75, 3.05) is 12.3 Å². The van der Waals surface area contributed by atoms with Gasteiger partial charge in [0.1, 0.15) is 23.0 Å². The molecule has 0 unspecified atom stereocenters. The van der Waals surface area contributed by atoms with E-state index in [2.05, 4.69) is 15.1 Å². The Morgan fingerprint density at radius 2 is 1.97 bits per heavy atom. The molecule has 0 radical (unpaired) electrons. The standard InChI is InChI=1S/C25H26N6O5/c1-25(2,3)36-24(34)30-13-16(9-19(30)23(32)33)31-12-15(11-28-31)14-8-17(21(26)27-10-14)22-29-18-6-4-5-7-20(18)35-22/h4-8,10-12,16,19H,9,13H2,1-3H3,(H2,26,27)(H,32,33)/t16-,19+/m1/s1. The molecule has 1 fully saturated rings. The quantitative estimate of drug-likeness (QED) is 0.433. The zero-order chi connectivity index (χ0) is 25.6. The van der Waals surface area contributed by atoms with Gasteiger partial charge in [0.25, 0.3) is 0 Å². The molecule has 1 aliphatic rings. The van der Waals surface area contributed by atoms with Gasteiger partial charge in [-0.1, -0.05) is 12.1 Å². The minimum absolute atomic E-state index is 0.168. The third-order valence-corrected chi connectivity index (χ3v) is 5.94. The summed E-state index contributed by atoms with van der Waals surface area (Å²) >= 11 is 0. The van der Waals surface area contributed by atoms with Crippen LogP contribution in [0.3, 0.4) is 0 Å². The number of anilines is 1. The van der Waals surface area contributed by atoms with Crippen molar-refractivity contribution in [2.45, 2.75) is 44.9 Å². The number of aromatic nitrogens is 4. The number of nitrogens with zero attached hydrogens (tertiary/aromatic N) is 5. The molecule has 4 aromatic rings. The van der Waals surface area contributed by atoms with Crippen molar-refractivity contribution < 1.29 is 23.8 Å². The highest BCUT2D eigenvalue weighted by Gasteiger charge is 2.42. The maximum absolute atomic E-state index is 12.6. The molecular weight excluding hydrogens is 464 g/mol. The lowest BCUT2D eigenvalue weighted by molar-refractivity contribution is -0.142. The Kier molecular flexibility index (Phi) is 5.62. The fourth-order valence-electron chi connectivity index (χ4n) is 4.24. The fourth-order valence-corrected chi connectivity index (χ4v) is 4.24. The first-order valence-corrected chi connectivity index (χ1v) is 11.5. The van der Waals surface area contributed by atoms with Gasteiger partial charge >= 0.3 is 12.1 Å². The van der Waals surface area contributed by atoms with Crippen LogP contribution >= 0.6 is 0 Å². The average Bonchev–Trinajstić information content (AvgIpc) is 3.55. The van der Waals surface area contributed by atoms with E-state index < -0.39 is 23.7 Å². The SMILES string of the molecule is CC(C)(C)OC(=O)N1C[C@H](n2cc(-c3cnc(N)c(-c4nc5ccccc5o4)c3)cn2)C[C@H]1C(=O)O. The number of pyridine rings is 1. The van der Waals surface area contributed by atoms with Gasteiger partial charge in [0.2, 0.25) is 5.89 Å². The van der Waals surface area contributed by atoms with Crippen molar-refractivity contribution in [1.82, 2.24) is 24.6 Å². The first-order chi connectivity index (χ1) is 17.1. The summed E-state index contributed by atoms with van der Waals surface area (Å²) < 4.78 is 12.9. The predicted octanol–water partition coefficient (Wildman–Crippen LogP) is 3.97. The highest BCUT2D eigenvalue weighted by Crippen LogP contribution is 2.33. The van der Waals surface area contributed by atoms with Crippen molar-refractivity contribution in [3.63, 3.8) is 0 Å². The van der Waals surface area contributed by atoms with Gasteiger partial charge in [0.05, 0.1) is 17.8 Å². The zero-order valence-corrected chi connectivity index (χ0v) is 20.1. The molecule has 2 atom stereocenters. The Labute approximate surface area is 206 Å². The van der Waals surface area contributed by atoms with E-state index in [0.717, 1.165) is 11.1 Å². The molecule has 0 bridgehead atoms. The molecule has 11 heteroatoms. The number of hydrogen-bond donors (Lipinski definition) is 2. The van der Waals surface area contributed by atoms with E-state index in [9.17, 15) is 14.7 Å². The van der Waals surface area contributed by atoms with Crippen LogP contribution in [0.2, 0.25) is 0 Å². The monoisotopic (exact) mass is 490 g/mol. The van der Waals surface area contributed by atoms with E-state index in [1.165, 1.54) is 4.90 Å². The van der Waals surface area contributed by atoms with Crippen LogP contribution in [0.4, 0.5) is 10.6 Å². The topological polar surface area (TPSA) is 150 Å². The first-order valence-electron chi connectivity index (χ1n) is 11.5. The number of para-hydroxylation sites is 2. The molecule has 1 aromatic carbocycles. The summed E-state index contributed by atoms with van der Waals surface area (Å²) in [5, 5.41) is 14.1. The predicted molar refractivity (Wildman–Crippen MR) is 131 cm³/mol. The summed E-state index contributed by atoms with van der Waals surface area (Å²) in [5.41, 5.74) is 8.80. The first kappa shape index (κ1) is 23.3. The molecule has 0 spiro atoms. The number of carbonyl (C=O) groups excluding carboxylic acids is 1. The third-order valence-electron chi connectivity index (χ3n) is 5.94. The number of carboxylic acid groups (broad SMARTS) is 1. The van der Waals surface area contributed by atoms with Gasteiger partial charge in [0.15, 0.2) is 5.58 Å². The zero-order valence-electron chi connectivity index (χ0n) is 20.1. The second-order valence-corrected chi connectivity index (χ2v) is 9.73. The largest absolute Gasteiger partial charge is 0.480 e. The Hall–Kier alpha value is -4.41. The molecule has 0 aliphatic carbocycles. The van der Waals surface area contributed by atoms with Crippen LogP contribution in [0.1, 0.15) is 33.2 Å². The van der Waals surface area contributed by atoms with E-state index >= 15 is 0 Å². The minimum Gasteiger partial charge on any atom is -0.480 e. The van der Waals surface area contributed by atoms with E-state index in [-0.39, 0.29) is 24.8 Å². The lowest BCUT2D eigenvalue weighted by atomic mass is 10.1. The van der Waals surface area contributed by atoms with Crippen LogP contribution in [-0.2, 0) is 9.53 Å². The number of rotatable bonds is 4. The maximum Gasteiger partial charge on any atom is 0.411 e. The molecule has 0 saturated carbocycles. The van der Waals surface area contributed by atoms with E-state index in [1.54, 1.807) is 44.0 Å². The molecule has 1 aliphatic heterocycles. The average molecular weight is 491 g/mol. The van der Waals surface area contributed by atoms with Crippen LogP contribution in [0, 0.1) is 0 Å². The number of likely N-dealkylation sites (tertiary alicyclic amines) is 1. The second kappa shape index (κ2) is 8.67. The molecular formula is C25H26N6O5. The number of carbonyl (C=O) groups is 2. The van der Waals surface area contributed by atoms with Gasteiger partial charge in [-0.2, -0.15) is 5.10 Å². The minimum atomic E-state index is -1.08. The number of ether oxygens (including phenoxy) is 1. The van der Waals surface area contributed by atoms with Crippen molar-refractivity contribution in [3.05, 3.63) is 48.9 Å². The molecule has 186 valence electrons. The molecule has 1 amide bonds. The number of oxazole rings is 1. The van der Waals surface area contributed by atoms with E-state index in [4.69, 9.17) is 14.9 Å². The van der Waals surface area contributed by atoms with Gasteiger partial charge in [-0.3, -0.25) is 9.58 Å². The highest BCUT2D eigenvalue weighted by molar-refractivity contribution is 5.82. The Morgan fingerprint density at radius 1 is 1.19 bits per heavy atom. The normalized spacial score (nSPS) is 18.0. The second-order valence-electron chi connectivity index (χ2n) is 9.73. The Bertz CT molecular complexity index is 1420. The van der Waals surface area contributed by atoms with Crippen molar-refractivity contribution in [1.29, 1.82) is 0 Å². The van der Waals surface area contributed by atoms with Gasteiger partial charge in [-0.15, -0.1) is 0 Å². The van der Waals surface area contributed by atoms with Crippen molar-refractivity contribution in [3.8, 4) is 22.6 Å². The lowest BCUT2D eigenvalue weighted by Gasteiger charge is -2.26. The van der Waals surface area contributed by atoms with Crippen LogP contribution < -0.4 is 5.73 Å². The van der Waals surface area contributed by atoms with Crippen LogP contribution in [0.25, 0.3) is 33.7 Å². The molecule has 5 rings (SSSR count). The van der Waals surface area contributed by atoms with Crippen LogP contribution in [-0.4, -0.2) is 60.0 Å². The van der Waals surface area contributed by atoms with Crippen molar-refractivity contribution in [2.24, 2.45) is 0 Å². The molecule has 11 nitrogen and oxygen atoms in total. The van der Waals surface area contributed by atoms with Crippen LogP contribution in [0.15, 0.2) is 53.3 Å². The summed E-state index contributed by atoms with van der Waals surface area (Å²) in [4.78, 5) is 34.5. The molecule has 3 aromatic heterocycles. The van der Waals surface area contributed by atoms with Gasteiger partial charge in [-0.25, -0.2) is 19.6 Å². The van der Waals surface area contributed by atoms with Gasteiger partial charge in [-0.05, 0) is 39.0 Å². The van der Waals surface area contributed by atoms with Crippen molar-refractivity contribution >= 4 is 29.0 Å². The highest BCUT2D eigenvalue weighted by atomic mass is 16.6. The maximum atomic E-state index is 12.6. The number of aliphatic carboxylic acids is 1. The number of benzene rings is 1. The summed E-state index contributed by atoms with van der Waals surface area (Å²) in [6.07, 6.45) is 4.64. The number of amides is 1. The number of hydrogen-bond acceptors (Lipinski definition) is 8. The number of fused-ring (bicyclic) bond motifs is 1. The molecule has 4 heterocycles. The summed E-state index contributed by atoms with van der Waals surface area (Å²) in [7, 11) is 0.